The number of aryl methyl sites for hydroxylation is 2. The molecule has 14 nitrogen and oxygen atoms in total. The number of terminal acetylenes is 2. The second-order valence-corrected chi connectivity index (χ2v) is 16.4. The highest BCUT2D eigenvalue weighted by atomic mass is 19.4. The van der Waals surface area contributed by atoms with Crippen LogP contribution in [0.25, 0.3) is 44.1 Å². The first-order chi connectivity index (χ1) is 32.4. The maximum atomic E-state index is 12.8. The lowest BCUT2D eigenvalue weighted by molar-refractivity contribution is -0.144. The number of anilines is 4. The van der Waals surface area contributed by atoms with Gasteiger partial charge in [0, 0.05) is 115 Å². The second kappa shape index (κ2) is 19.2. The Labute approximate surface area is 384 Å². The molecular formula is C50H45F3N12O2. The van der Waals surface area contributed by atoms with Gasteiger partial charge in [-0.1, -0.05) is 11.8 Å². The fourth-order valence-electron chi connectivity index (χ4n) is 7.98. The van der Waals surface area contributed by atoms with E-state index in [1.807, 2.05) is 99.4 Å². The standard InChI is InChI=1S/C26H23F3N6O.C24H22N6O/c1-3-17-4-5-24-19(8-17)12-30-25(33-24)32-21-9-18(20-13-31-34(2)14-20)10-23(11-21)36-22-6-7-35(15-22)16-26(27,28)29;1-3-16-4-5-23-18(8-16)12-26-24(29-23)28-20-9-17(19-13-27-30(2)15-19)10-22(11-20)31-21-6-7-25-14-21/h1,4-5,8-14,22H,6-7,15-16H2,2H3,(H,30,32,33);1,4-5,8-13,15,21,25H,6-7,14H2,2H3,(H,26,28,29). The molecule has 0 amide bonds. The van der Waals surface area contributed by atoms with Gasteiger partial charge in [-0.2, -0.15) is 23.4 Å². The minimum Gasteiger partial charge on any atom is -0.489 e. The number of likely N-dealkylation sites (tertiary alicyclic amines) is 1. The van der Waals surface area contributed by atoms with E-state index in [1.54, 1.807) is 34.0 Å². The molecule has 10 rings (SSSR count). The molecule has 8 aromatic rings. The highest BCUT2D eigenvalue weighted by Crippen LogP contribution is 2.33. The van der Waals surface area contributed by atoms with Gasteiger partial charge in [-0.25, -0.2) is 19.9 Å². The number of hydrogen-bond donors (Lipinski definition) is 3. The quantitative estimate of drug-likeness (QED) is 0.108. The molecule has 2 unspecified atom stereocenters. The number of benzene rings is 4. The molecule has 17 heteroatoms. The van der Waals surface area contributed by atoms with Gasteiger partial charge in [0.25, 0.3) is 0 Å². The number of hydrogen-bond acceptors (Lipinski definition) is 12. The van der Waals surface area contributed by atoms with Crippen molar-refractivity contribution in [3.8, 4) is 58.4 Å². The second-order valence-electron chi connectivity index (χ2n) is 16.4. The largest absolute Gasteiger partial charge is 0.489 e. The van der Waals surface area contributed by atoms with Crippen LogP contribution in [0.3, 0.4) is 0 Å². The Morgan fingerprint density at radius 1 is 0.687 bits per heavy atom. The summed E-state index contributed by atoms with van der Waals surface area (Å²) in [5, 5.41) is 20.1. The van der Waals surface area contributed by atoms with Crippen molar-refractivity contribution in [2.45, 2.75) is 31.2 Å². The molecule has 67 heavy (non-hydrogen) atoms. The number of ether oxygens (including phenoxy) is 2. The Morgan fingerprint density at radius 2 is 1.22 bits per heavy atom. The molecule has 3 N–H and O–H groups in total. The number of halogens is 3. The molecule has 4 aromatic heterocycles. The molecule has 2 fully saturated rings. The van der Waals surface area contributed by atoms with Crippen molar-refractivity contribution < 1.29 is 22.6 Å². The van der Waals surface area contributed by atoms with E-state index < -0.39 is 12.7 Å². The van der Waals surface area contributed by atoms with Crippen LogP contribution in [0, 0.1) is 24.7 Å². The minimum absolute atomic E-state index is 0.166. The van der Waals surface area contributed by atoms with Crippen LogP contribution < -0.4 is 25.4 Å². The summed E-state index contributed by atoms with van der Waals surface area (Å²) in [5.74, 6) is 7.48. The van der Waals surface area contributed by atoms with Gasteiger partial charge in [0.05, 0.1) is 30.0 Å². The first kappa shape index (κ1) is 44.2. The predicted molar refractivity (Wildman–Crippen MR) is 252 cm³/mol. The summed E-state index contributed by atoms with van der Waals surface area (Å²) in [6.45, 7) is 1.45. The summed E-state index contributed by atoms with van der Waals surface area (Å²) in [6, 6.07) is 22.8. The first-order valence-corrected chi connectivity index (χ1v) is 21.5. The van der Waals surface area contributed by atoms with Crippen molar-refractivity contribution in [1.82, 2.24) is 49.7 Å². The third-order valence-corrected chi connectivity index (χ3v) is 11.1. The molecule has 338 valence electrons. The molecule has 0 bridgehead atoms. The summed E-state index contributed by atoms with van der Waals surface area (Å²) in [4.78, 5) is 19.4. The molecule has 2 aliphatic heterocycles. The SMILES string of the molecule is C#Cc1ccc2nc(Nc3cc(OC4CCN(CC(F)(F)F)C4)cc(-c4cnn(C)c4)c3)ncc2c1.C#Cc1ccc2nc(Nc3cc(OC4CCNC4)cc(-c4cnn(C)c4)c3)ncc2c1. The average molecular weight is 903 g/mol. The van der Waals surface area contributed by atoms with Gasteiger partial charge in [-0.05, 0) is 91.2 Å². The Kier molecular flexibility index (Phi) is 12.7. The number of fused-ring (bicyclic) bond motifs is 2. The number of nitrogens with zero attached hydrogens (tertiary/aromatic N) is 9. The molecule has 6 heterocycles. The predicted octanol–water partition coefficient (Wildman–Crippen LogP) is 8.27. The smallest absolute Gasteiger partial charge is 0.401 e. The lowest BCUT2D eigenvalue weighted by Crippen LogP contribution is -2.33. The molecule has 0 saturated carbocycles. The summed E-state index contributed by atoms with van der Waals surface area (Å²) in [6.07, 6.45) is 19.0. The van der Waals surface area contributed by atoms with E-state index >= 15 is 0 Å². The van der Waals surface area contributed by atoms with E-state index in [1.165, 1.54) is 4.90 Å². The van der Waals surface area contributed by atoms with Crippen molar-refractivity contribution in [2.24, 2.45) is 14.1 Å². The Balaban J connectivity index is 0.000000170. The molecule has 0 radical (unpaired) electrons. The number of alkyl halides is 3. The van der Waals surface area contributed by atoms with Gasteiger partial charge in [-0.3, -0.25) is 14.3 Å². The third kappa shape index (κ3) is 11.3. The molecule has 4 aromatic carbocycles. The molecular weight excluding hydrogens is 858 g/mol. The van der Waals surface area contributed by atoms with Gasteiger partial charge < -0.3 is 25.4 Å². The van der Waals surface area contributed by atoms with Crippen LogP contribution in [-0.4, -0.2) is 95.5 Å². The van der Waals surface area contributed by atoms with E-state index in [0.717, 1.165) is 86.1 Å². The number of aromatic nitrogens is 8. The lowest BCUT2D eigenvalue weighted by atomic mass is 10.1. The Bertz CT molecular complexity index is 3150. The zero-order chi connectivity index (χ0) is 46.5. The van der Waals surface area contributed by atoms with Crippen LogP contribution >= 0.6 is 0 Å². The molecule has 2 saturated heterocycles. The summed E-state index contributed by atoms with van der Waals surface area (Å²) >= 11 is 0. The highest BCUT2D eigenvalue weighted by molar-refractivity contribution is 5.82. The maximum absolute atomic E-state index is 12.8. The van der Waals surface area contributed by atoms with Crippen LogP contribution in [-0.2, 0) is 14.1 Å². The fourth-order valence-corrected chi connectivity index (χ4v) is 7.98. The molecule has 0 spiro atoms. The van der Waals surface area contributed by atoms with Gasteiger partial charge in [0.2, 0.25) is 11.9 Å². The fraction of sp³-hybridized carbons (Fsp3) is 0.240. The van der Waals surface area contributed by atoms with E-state index in [9.17, 15) is 13.2 Å². The first-order valence-electron chi connectivity index (χ1n) is 21.5. The van der Waals surface area contributed by atoms with Gasteiger partial charge in [-0.15, -0.1) is 12.8 Å². The van der Waals surface area contributed by atoms with E-state index in [-0.39, 0.29) is 18.8 Å². The van der Waals surface area contributed by atoms with E-state index in [2.05, 4.69) is 57.9 Å². The zero-order valence-corrected chi connectivity index (χ0v) is 36.6. The van der Waals surface area contributed by atoms with Gasteiger partial charge >= 0.3 is 6.18 Å². The van der Waals surface area contributed by atoms with Crippen molar-refractivity contribution in [2.75, 3.05) is 43.4 Å². The normalized spacial score (nSPS) is 16.0. The van der Waals surface area contributed by atoms with Crippen molar-refractivity contribution in [3.05, 3.63) is 121 Å². The van der Waals surface area contributed by atoms with E-state index in [4.69, 9.17) is 22.3 Å². The van der Waals surface area contributed by atoms with Gasteiger partial charge in [0.1, 0.15) is 23.7 Å². The minimum atomic E-state index is -4.23. The maximum Gasteiger partial charge on any atom is 0.401 e. The van der Waals surface area contributed by atoms with Gasteiger partial charge in [0.15, 0.2) is 0 Å². The Hall–Kier alpha value is -7.99. The summed E-state index contributed by atoms with van der Waals surface area (Å²) in [7, 11) is 3.73. The average Bonchev–Trinajstić information content (AvgIpc) is 4.16. The van der Waals surface area contributed by atoms with Crippen molar-refractivity contribution >= 4 is 45.1 Å². The van der Waals surface area contributed by atoms with Crippen LogP contribution in [0.4, 0.5) is 36.4 Å². The molecule has 2 aliphatic rings. The summed E-state index contributed by atoms with van der Waals surface area (Å²) in [5.41, 5.74) is 8.39. The van der Waals surface area contributed by atoms with Crippen LogP contribution in [0.15, 0.2) is 110 Å². The van der Waals surface area contributed by atoms with Crippen LogP contribution in [0.1, 0.15) is 24.0 Å². The highest BCUT2D eigenvalue weighted by Gasteiger charge is 2.35. The summed E-state index contributed by atoms with van der Waals surface area (Å²) < 4.78 is 54.2. The van der Waals surface area contributed by atoms with Crippen LogP contribution in [0.2, 0.25) is 0 Å². The zero-order valence-electron chi connectivity index (χ0n) is 36.6. The van der Waals surface area contributed by atoms with Crippen molar-refractivity contribution in [1.29, 1.82) is 0 Å². The molecule has 2 atom stereocenters. The van der Waals surface area contributed by atoms with E-state index in [0.29, 0.717) is 36.3 Å². The third-order valence-electron chi connectivity index (χ3n) is 11.1. The molecule has 0 aliphatic carbocycles. The Morgan fingerprint density at radius 3 is 1.69 bits per heavy atom. The number of rotatable bonds is 11. The van der Waals surface area contributed by atoms with Crippen molar-refractivity contribution in [3.63, 3.8) is 0 Å². The lowest BCUT2D eigenvalue weighted by Gasteiger charge is -2.19. The van der Waals surface area contributed by atoms with Crippen LogP contribution in [0.5, 0.6) is 11.5 Å². The monoisotopic (exact) mass is 902 g/mol. The number of nitrogens with one attached hydrogen (secondary N) is 3. The topological polar surface area (TPSA) is 145 Å².